The van der Waals surface area contributed by atoms with E-state index in [1.54, 1.807) is 0 Å². The van der Waals surface area contributed by atoms with Crippen LogP contribution in [0.1, 0.15) is 154 Å². The third kappa shape index (κ3) is 25.9. The van der Waals surface area contributed by atoms with Gasteiger partial charge < -0.3 is 61.3 Å². The molecule has 0 aliphatic carbocycles. The van der Waals surface area contributed by atoms with Crippen LogP contribution in [-0.2, 0) is 62.3 Å². The lowest BCUT2D eigenvalue weighted by molar-refractivity contribution is -0.573. The molecule has 11 N–H and O–H groups in total. The van der Waals surface area contributed by atoms with Crippen molar-refractivity contribution in [3.8, 4) is 0 Å². The Bertz CT molecular complexity index is 1500. The minimum atomic E-state index is -2.52. The van der Waals surface area contributed by atoms with E-state index in [9.17, 15) is 114 Å². The van der Waals surface area contributed by atoms with Crippen LogP contribution in [0.4, 0.5) is 0 Å². The minimum Gasteiger partial charge on any atom is -0.481 e. The highest BCUT2D eigenvalue weighted by atomic mass is 16.6. The summed E-state index contributed by atoms with van der Waals surface area (Å²) in [5.74, 6) is -16.3. The number of amides is 2. The Labute approximate surface area is 381 Å². The van der Waals surface area contributed by atoms with E-state index in [1.165, 1.54) is 0 Å². The van der Waals surface area contributed by atoms with Gasteiger partial charge in [0.25, 0.3) is 0 Å². The first kappa shape index (κ1) is 60.0. The Morgan fingerprint density at radius 3 is 0.806 bits per heavy atom. The summed E-state index contributed by atoms with van der Waals surface area (Å²) in [4.78, 5) is 157. The number of nitrogens with zero attached hydrogens (tertiary/aromatic N) is 1. The molecule has 0 radical (unpaired) electrons. The average Bonchev–Trinajstić information content (AvgIpc) is 3.21. The van der Waals surface area contributed by atoms with Gasteiger partial charge in [0.05, 0.1) is 6.42 Å². The number of aliphatic carboxylic acids is 9. The first-order valence-electron chi connectivity index (χ1n) is 20.9. The average molecular weight is 966 g/mol. The number of ether oxygens (including phenoxy) is 1. The standard InChI is InChI=1S/C40H59N3O24/c44-25(41-37(13-3-27(46)47,14-4-28(48)49)15-5-29(50)51)1-19-39(43(65)66,20-2-26(45)42-38(16-6-30(52)53,17-7-31(54)55)18-8-32(56)57)21-12-36(64)67-40(22-9-33(58)59,23-10-34(60)61)24-11-35(62)63/h1-24H2,(H,41,44)(H,42,45)(H,46,47)(H,48,49)(H,50,51)(H,52,53)(H,54,55)(H,56,57)(H,58,59)(H,60,61)(H,62,63). The van der Waals surface area contributed by atoms with Crippen LogP contribution in [0.25, 0.3) is 0 Å². The van der Waals surface area contributed by atoms with Crippen LogP contribution < -0.4 is 10.6 Å². The monoisotopic (exact) mass is 965 g/mol. The molecule has 0 heterocycles. The molecule has 0 aliphatic heterocycles. The Kier molecular flexibility index (Phi) is 25.8. The van der Waals surface area contributed by atoms with Gasteiger partial charge in [-0.3, -0.25) is 67.6 Å². The second-order valence-corrected chi connectivity index (χ2v) is 16.3. The van der Waals surface area contributed by atoms with E-state index >= 15 is 0 Å². The Balaban J connectivity index is 7.27. The van der Waals surface area contributed by atoms with Crippen molar-refractivity contribution in [1.29, 1.82) is 0 Å². The third-order valence-corrected chi connectivity index (χ3v) is 11.2. The minimum absolute atomic E-state index is 0.484. The van der Waals surface area contributed by atoms with Crippen LogP contribution in [0.3, 0.4) is 0 Å². The fourth-order valence-corrected chi connectivity index (χ4v) is 7.42. The summed E-state index contributed by atoms with van der Waals surface area (Å²) in [5, 5.41) is 102. The summed E-state index contributed by atoms with van der Waals surface area (Å²) < 4.78 is 5.53. The van der Waals surface area contributed by atoms with Crippen LogP contribution >= 0.6 is 0 Å². The number of nitrogens with one attached hydrogen (secondary N) is 2. The van der Waals surface area contributed by atoms with E-state index in [0.717, 1.165) is 0 Å². The smallest absolute Gasteiger partial charge is 0.306 e. The van der Waals surface area contributed by atoms with Crippen molar-refractivity contribution >= 4 is 71.5 Å². The summed E-state index contributed by atoms with van der Waals surface area (Å²) in [6, 6.07) is 0. The number of carbonyl (C=O) groups is 12. The van der Waals surface area contributed by atoms with E-state index in [0.29, 0.717) is 0 Å². The van der Waals surface area contributed by atoms with Gasteiger partial charge in [0.1, 0.15) is 5.60 Å². The lowest BCUT2D eigenvalue weighted by Crippen LogP contribution is -2.51. The van der Waals surface area contributed by atoms with Crippen LogP contribution in [-0.4, -0.2) is 145 Å². The molecule has 0 spiro atoms. The van der Waals surface area contributed by atoms with Crippen molar-refractivity contribution in [3.63, 3.8) is 0 Å². The maximum atomic E-state index is 13.6. The molecular weight excluding hydrogens is 906 g/mol. The van der Waals surface area contributed by atoms with Crippen LogP contribution in [0.5, 0.6) is 0 Å². The Morgan fingerprint density at radius 1 is 0.358 bits per heavy atom. The second-order valence-electron chi connectivity index (χ2n) is 16.3. The normalized spacial score (nSPS) is 11.7. The predicted octanol–water partition coefficient (Wildman–Crippen LogP) is 2.12. The molecule has 0 saturated heterocycles. The molecule has 67 heavy (non-hydrogen) atoms. The van der Waals surface area contributed by atoms with E-state index in [1.807, 2.05) is 0 Å². The summed E-state index contributed by atoms with van der Waals surface area (Å²) >= 11 is 0. The van der Waals surface area contributed by atoms with E-state index in [2.05, 4.69) is 10.6 Å². The van der Waals surface area contributed by atoms with Crippen molar-refractivity contribution in [2.45, 2.75) is 176 Å². The van der Waals surface area contributed by atoms with Crippen LogP contribution in [0, 0.1) is 10.1 Å². The van der Waals surface area contributed by atoms with E-state index in [-0.39, 0.29) is 0 Å². The fraction of sp³-hybridized carbons (Fsp3) is 0.700. The number of nitro groups is 1. The molecule has 0 saturated carbocycles. The molecule has 27 nitrogen and oxygen atoms in total. The molecule has 0 aliphatic rings. The van der Waals surface area contributed by atoms with Gasteiger partial charge in [0, 0.05) is 106 Å². The van der Waals surface area contributed by atoms with Gasteiger partial charge in [-0.05, 0) is 57.8 Å². The zero-order valence-electron chi connectivity index (χ0n) is 36.6. The van der Waals surface area contributed by atoms with Crippen molar-refractivity contribution in [2.75, 3.05) is 0 Å². The Hall–Kier alpha value is -6.96. The SMILES string of the molecule is O=C(O)CCC(CCC(=O)O)(CCC(=O)O)NC(=O)CCC(CCC(=O)NC(CCC(=O)O)(CCC(=O)O)CCC(=O)O)(CCC(=O)OC(CCC(=O)O)(CCC(=O)O)CCC(=O)O)[N+](=O)[O-]. The van der Waals surface area contributed by atoms with Gasteiger partial charge in [0.2, 0.25) is 17.4 Å². The Morgan fingerprint density at radius 2 is 0.582 bits per heavy atom. The topological polar surface area (TPSA) is 463 Å². The second kappa shape index (κ2) is 28.8. The number of rotatable bonds is 40. The van der Waals surface area contributed by atoms with Gasteiger partial charge in [-0.15, -0.1) is 0 Å². The zero-order chi connectivity index (χ0) is 51.6. The van der Waals surface area contributed by atoms with Gasteiger partial charge >= 0.3 is 59.7 Å². The maximum absolute atomic E-state index is 13.6. The quantitative estimate of drug-likeness (QED) is 0.0238. The summed E-state index contributed by atoms with van der Waals surface area (Å²) in [5.41, 5.74) is -8.12. The van der Waals surface area contributed by atoms with Crippen LogP contribution in [0.15, 0.2) is 0 Å². The summed E-state index contributed by atoms with van der Waals surface area (Å²) in [6.45, 7) is 0. The molecule has 0 fully saturated rings. The molecule has 0 aromatic carbocycles. The first-order valence-corrected chi connectivity index (χ1v) is 20.9. The number of esters is 1. The molecule has 2 amide bonds. The van der Waals surface area contributed by atoms with Crippen molar-refractivity contribution < 1.29 is 113 Å². The fourth-order valence-electron chi connectivity index (χ4n) is 7.42. The predicted molar refractivity (Wildman–Crippen MR) is 220 cm³/mol. The molecule has 0 aromatic heterocycles. The van der Waals surface area contributed by atoms with Crippen molar-refractivity contribution in [3.05, 3.63) is 10.1 Å². The summed E-state index contributed by atoms with van der Waals surface area (Å²) in [6.07, 6.45) is -16.4. The highest BCUT2D eigenvalue weighted by Crippen LogP contribution is 2.35. The van der Waals surface area contributed by atoms with Gasteiger partial charge in [-0.1, -0.05) is 0 Å². The number of carboxylic acid groups (broad SMARTS) is 9. The largest absolute Gasteiger partial charge is 0.481 e. The number of hydrogen-bond donors (Lipinski definition) is 11. The molecule has 378 valence electrons. The number of carbonyl (C=O) groups excluding carboxylic acids is 3. The third-order valence-electron chi connectivity index (χ3n) is 11.2. The van der Waals surface area contributed by atoms with Crippen LogP contribution in [0.2, 0.25) is 0 Å². The van der Waals surface area contributed by atoms with Gasteiger partial charge in [-0.25, -0.2) is 0 Å². The van der Waals surface area contributed by atoms with Gasteiger partial charge in [-0.2, -0.15) is 0 Å². The molecular formula is C40H59N3O24. The lowest BCUT2D eigenvalue weighted by atomic mass is 9.81. The van der Waals surface area contributed by atoms with Gasteiger partial charge in [0.15, 0.2) is 0 Å². The van der Waals surface area contributed by atoms with Crippen molar-refractivity contribution in [2.24, 2.45) is 0 Å². The molecule has 0 unspecified atom stereocenters. The summed E-state index contributed by atoms with van der Waals surface area (Å²) in [7, 11) is 0. The molecule has 0 atom stereocenters. The lowest BCUT2D eigenvalue weighted by Gasteiger charge is -2.35. The number of carboxylic acids is 9. The first-order chi connectivity index (χ1) is 31.0. The number of hydrogen-bond acceptors (Lipinski definition) is 15. The van der Waals surface area contributed by atoms with E-state index in [4.69, 9.17) is 4.74 Å². The maximum Gasteiger partial charge on any atom is 0.306 e. The molecule has 27 heteroatoms. The van der Waals surface area contributed by atoms with E-state index < -0.39 is 253 Å². The highest BCUT2D eigenvalue weighted by molar-refractivity contribution is 5.79. The van der Waals surface area contributed by atoms with Crippen molar-refractivity contribution in [1.82, 2.24) is 10.6 Å². The molecule has 0 rings (SSSR count). The molecule has 0 aromatic rings. The zero-order valence-corrected chi connectivity index (χ0v) is 36.6. The molecule has 0 bridgehead atoms. The highest BCUT2D eigenvalue weighted by Gasteiger charge is 2.46.